The molecule has 1 aromatic carbocycles. The van der Waals surface area contributed by atoms with Crippen LogP contribution in [0.3, 0.4) is 0 Å². The molecule has 5 rings (SSSR count). The van der Waals surface area contributed by atoms with Crippen LogP contribution in [0.1, 0.15) is 23.3 Å². The number of hydrogen-bond acceptors (Lipinski definition) is 6. The highest BCUT2D eigenvalue weighted by Gasteiger charge is 2.43. The normalized spacial score (nSPS) is 18.8. The lowest BCUT2D eigenvalue weighted by molar-refractivity contribution is -0.138. The minimum absolute atomic E-state index is 0.0693. The number of anilines is 1. The van der Waals surface area contributed by atoms with Crippen molar-refractivity contribution in [1.29, 1.82) is 0 Å². The maximum atomic E-state index is 13.1. The molecule has 0 radical (unpaired) electrons. The van der Waals surface area contributed by atoms with Crippen molar-refractivity contribution in [2.24, 2.45) is 5.41 Å². The third-order valence-electron chi connectivity index (χ3n) is 5.62. The fraction of sp³-hybridized carbons (Fsp3) is 0.421. The molecule has 0 saturated carbocycles. The number of ether oxygens (including phenoxy) is 2. The number of hydrogen-bond donors (Lipinski definition) is 1. The predicted octanol–water partition coefficient (Wildman–Crippen LogP) is 1.73. The number of aromatic nitrogens is 3. The van der Waals surface area contributed by atoms with Gasteiger partial charge in [-0.15, -0.1) is 0 Å². The van der Waals surface area contributed by atoms with Crippen molar-refractivity contribution >= 4 is 28.4 Å². The third-order valence-corrected chi connectivity index (χ3v) is 5.62. The summed E-state index contributed by atoms with van der Waals surface area (Å²) in [6.45, 7) is 2.95. The molecule has 2 aliphatic heterocycles. The molecule has 8 nitrogen and oxygen atoms in total. The molecule has 0 bridgehead atoms. The number of piperidine rings is 1. The zero-order valence-corrected chi connectivity index (χ0v) is 15.1. The summed E-state index contributed by atoms with van der Waals surface area (Å²) in [7, 11) is 1.59. The number of imidazole rings is 1. The van der Waals surface area contributed by atoms with Crippen LogP contribution in [0.15, 0.2) is 24.4 Å². The fourth-order valence-corrected chi connectivity index (χ4v) is 4.17. The quantitative estimate of drug-likeness (QED) is 0.741. The highest BCUT2D eigenvalue weighted by atomic mass is 16.5. The molecule has 0 aliphatic carbocycles. The summed E-state index contributed by atoms with van der Waals surface area (Å²) in [4.78, 5) is 24.0. The zero-order valence-electron chi connectivity index (χ0n) is 15.1. The van der Waals surface area contributed by atoms with E-state index in [1.54, 1.807) is 17.7 Å². The Morgan fingerprint density at radius 3 is 2.93 bits per heavy atom. The first-order chi connectivity index (χ1) is 13.1. The molecule has 2 saturated heterocycles. The first-order valence-corrected chi connectivity index (χ1v) is 9.09. The summed E-state index contributed by atoms with van der Waals surface area (Å²) >= 11 is 0. The van der Waals surface area contributed by atoms with Crippen LogP contribution in [0, 0.1) is 5.41 Å². The van der Waals surface area contributed by atoms with E-state index < -0.39 is 0 Å². The van der Waals surface area contributed by atoms with E-state index >= 15 is 0 Å². The summed E-state index contributed by atoms with van der Waals surface area (Å²) in [5.74, 6) is 0.830. The molecule has 4 heterocycles. The Hall–Kier alpha value is -2.87. The van der Waals surface area contributed by atoms with Gasteiger partial charge in [-0.1, -0.05) is 6.07 Å². The Kier molecular flexibility index (Phi) is 3.51. The van der Waals surface area contributed by atoms with E-state index in [0.717, 1.165) is 44.5 Å². The molecule has 1 spiro atoms. The number of carbonyl (C=O) groups excluding carboxylic acids is 1. The van der Waals surface area contributed by atoms with E-state index in [0.29, 0.717) is 22.6 Å². The first-order valence-electron chi connectivity index (χ1n) is 9.09. The van der Waals surface area contributed by atoms with Gasteiger partial charge in [0.15, 0.2) is 0 Å². The summed E-state index contributed by atoms with van der Waals surface area (Å²) in [5.41, 5.74) is 7.89. The van der Waals surface area contributed by atoms with Gasteiger partial charge in [-0.2, -0.15) is 0 Å². The molecule has 2 aromatic heterocycles. The van der Waals surface area contributed by atoms with E-state index in [1.807, 2.05) is 23.1 Å². The average molecular weight is 367 g/mol. The van der Waals surface area contributed by atoms with Crippen molar-refractivity contribution in [3.63, 3.8) is 0 Å². The maximum absolute atomic E-state index is 13.1. The summed E-state index contributed by atoms with van der Waals surface area (Å²) in [6.07, 6.45) is 3.78. The number of nitrogens with zero attached hydrogens (tertiary/aromatic N) is 4. The average Bonchev–Trinajstić information content (AvgIpc) is 3.12. The third kappa shape index (κ3) is 2.43. The van der Waals surface area contributed by atoms with Gasteiger partial charge in [0.25, 0.3) is 5.91 Å². The summed E-state index contributed by atoms with van der Waals surface area (Å²) in [6, 6.07) is 5.61. The highest BCUT2D eigenvalue weighted by molar-refractivity contribution is 5.99. The van der Waals surface area contributed by atoms with E-state index in [-0.39, 0.29) is 17.3 Å². The van der Waals surface area contributed by atoms with Crippen molar-refractivity contribution in [1.82, 2.24) is 19.3 Å². The maximum Gasteiger partial charge on any atom is 0.274 e. The fourth-order valence-electron chi connectivity index (χ4n) is 4.17. The Morgan fingerprint density at radius 2 is 2.19 bits per heavy atom. The highest BCUT2D eigenvalue weighted by Crippen LogP contribution is 2.37. The number of methoxy groups -OCH3 is 1. The van der Waals surface area contributed by atoms with Gasteiger partial charge in [0, 0.05) is 30.1 Å². The van der Waals surface area contributed by atoms with Crippen LogP contribution in [-0.2, 0) is 4.74 Å². The van der Waals surface area contributed by atoms with Crippen molar-refractivity contribution in [3.8, 4) is 5.75 Å². The van der Waals surface area contributed by atoms with Gasteiger partial charge in [-0.25, -0.2) is 9.97 Å². The Balaban J connectivity index is 1.57. The summed E-state index contributed by atoms with van der Waals surface area (Å²) < 4.78 is 12.4. The molecular formula is C19H21N5O3. The van der Waals surface area contributed by atoms with Crippen molar-refractivity contribution < 1.29 is 14.3 Å². The molecule has 1 amide bonds. The van der Waals surface area contributed by atoms with Crippen LogP contribution in [-0.4, -0.2) is 58.6 Å². The van der Waals surface area contributed by atoms with Crippen molar-refractivity contribution in [2.75, 3.05) is 39.1 Å². The Bertz CT molecular complexity index is 1060. The SMILES string of the molecule is COc1cccc2c1nc(N)n1cc(C(=O)N3CCCC4(COC4)C3)nc21. The van der Waals surface area contributed by atoms with Crippen LogP contribution in [0.5, 0.6) is 5.75 Å². The predicted molar refractivity (Wildman–Crippen MR) is 99.8 cm³/mol. The number of rotatable bonds is 2. The number of likely N-dealkylation sites (tertiary alicyclic amines) is 1. The largest absolute Gasteiger partial charge is 0.494 e. The molecule has 2 aliphatic rings. The van der Waals surface area contributed by atoms with Crippen LogP contribution in [0.4, 0.5) is 5.95 Å². The molecule has 2 N–H and O–H groups in total. The Labute approximate surface area is 155 Å². The van der Waals surface area contributed by atoms with Gasteiger partial charge in [0.1, 0.15) is 22.6 Å². The van der Waals surface area contributed by atoms with E-state index in [2.05, 4.69) is 9.97 Å². The van der Waals surface area contributed by atoms with Crippen LogP contribution < -0.4 is 10.5 Å². The second-order valence-electron chi connectivity index (χ2n) is 7.47. The molecular weight excluding hydrogens is 346 g/mol. The minimum atomic E-state index is -0.0693. The van der Waals surface area contributed by atoms with Crippen LogP contribution in [0.2, 0.25) is 0 Å². The van der Waals surface area contributed by atoms with E-state index in [1.165, 1.54) is 0 Å². The lowest BCUT2D eigenvalue weighted by Crippen LogP contribution is -2.55. The standard InChI is InChI=1S/C19H21N5O3/c1-26-14-5-2-4-12-15(14)22-18(20)24-8-13(21-16(12)24)17(25)23-7-3-6-19(9-23)10-27-11-19/h2,4-5,8H,3,6-7,9-11H2,1H3,(H2,20,22). The first kappa shape index (κ1) is 16.3. The molecule has 0 unspecified atom stereocenters. The lowest BCUT2D eigenvalue weighted by atomic mass is 9.78. The molecule has 27 heavy (non-hydrogen) atoms. The molecule has 0 atom stereocenters. The number of nitrogen functional groups attached to an aromatic ring is 1. The number of nitrogens with two attached hydrogens (primary N) is 1. The number of fused-ring (bicyclic) bond motifs is 3. The van der Waals surface area contributed by atoms with Gasteiger partial charge in [-0.05, 0) is 25.0 Å². The molecule has 8 heteroatoms. The number of carbonyl (C=O) groups is 1. The number of para-hydroxylation sites is 1. The molecule has 140 valence electrons. The second-order valence-corrected chi connectivity index (χ2v) is 7.47. The minimum Gasteiger partial charge on any atom is -0.494 e. The Morgan fingerprint density at radius 1 is 1.33 bits per heavy atom. The number of amides is 1. The lowest BCUT2D eigenvalue weighted by Gasteiger charge is -2.48. The van der Waals surface area contributed by atoms with Crippen molar-refractivity contribution in [3.05, 3.63) is 30.1 Å². The van der Waals surface area contributed by atoms with E-state index in [9.17, 15) is 4.79 Å². The van der Waals surface area contributed by atoms with Gasteiger partial charge in [-0.3, -0.25) is 9.20 Å². The number of benzene rings is 1. The van der Waals surface area contributed by atoms with Gasteiger partial charge in [0.2, 0.25) is 5.95 Å². The van der Waals surface area contributed by atoms with Crippen molar-refractivity contribution in [2.45, 2.75) is 12.8 Å². The van der Waals surface area contributed by atoms with Crippen LogP contribution in [0.25, 0.3) is 16.6 Å². The molecule has 2 fully saturated rings. The summed E-state index contributed by atoms with van der Waals surface area (Å²) in [5, 5.41) is 0.796. The smallest absolute Gasteiger partial charge is 0.274 e. The monoisotopic (exact) mass is 367 g/mol. The molecule has 3 aromatic rings. The second kappa shape index (κ2) is 5.82. The van der Waals surface area contributed by atoms with Gasteiger partial charge >= 0.3 is 0 Å². The zero-order chi connectivity index (χ0) is 18.6. The van der Waals surface area contributed by atoms with Gasteiger partial charge in [0.05, 0.1) is 20.3 Å². The van der Waals surface area contributed by atoms with Gasteiger partial charge < -0.3 is 20.1 Å². The van der Waals surface area contributed by atoms with Crippen LogP contribution >= 0.6 is 0 Å². The topological polar surface area (TPSA) is 95.0 Å². The van der Waals surface area contributed by atoms with E-state index in [4.69, 9.17) is 15.2 Å².